The summed E-state index contributed by atoms with van der Waals surface area (Å²) in [6.45, 7) is 0. The summed E-state index contributed by atoms with van der Waals surface area (Å²) in [4.78, 5) is 20.4. The molecule has 0 unspecified atom stereocenters. The maximum Gasteiger partial charge on any atom is 0.319 e. The molecule has 1 saturated carbocycles. The maximum absolute atomic E-state index is 11.9. The minimum absolute atomic E-state index is 0.219. The quantitative estimate of drug-likeness (QED) is 0.677. The summed E-state index contributed by atoms with van der Waals surface area (Å²) in [6.07, 6.45) is 3.49. The number of urea groups is 1. The summed E-state index contributed by atoms with van der Waals surface area (Å²) in [6, 6.07) is 10.7. The standard InChI is InChI=1S/C20H20N4O4/c1-26-17-9-15-16(10-18(17)27-2)21-11-22-19(15)28-14-5-3-4-13(8-14)24-20(25)23-12-6-7-12/h3-5,8-12H,6-7H2,1-2H3,(H2,23,24,25). The summed E-state index contributed by atoms with van der Waals surface area (Å²) >= 11 is 0. The smallest absolute Gasteiger partial charge is 0.319 e. The van der Waals surface area contributed by atoms with Crippen LogP contribution in [0.25, 0.3) is 10.9 Å². The fourth-order valence-corrected chi connectivity index (χ4v) is 2.77. The number of nitrogens with one attached hydrogen (secondary N) is 2. The molecule has 1 heterocycles. The summed E-state index contributed by atoms with van der Waals surface area (Å²) < 4.78 is 16.6. The number of nitrogens with zero attached hydrogens (tertiary/aromatic N) is 2. The van der Waals surface area contributed by atoms with E-state index >= 15 is 0 Å². The monoisotopic (exact) mass is 380 g/mol. The van der Waals surface area contributed by atoms with Crippen LogP contribution in [0.15, 0.2) is 42.7 Å². The number of aromatic nitrogens is 2. The summed E-state index contributed by atoms with van der Waals surface area (Å²) in [7, 11) is 3.13. The molecule has 1 aliphatic carbocycles. The van der Waals surface area contributed by atoms with Gasteiger partial charge in [0.2, 0.25) is 5.88 Å². The highest BCUT2D eigenvalue weighted by Gasteiger charge is 2.23. The number of ether oxygens (including phenoxy) is 3. The molecule has 2 aromatic carbocycles. The van der Waals surface area contributed by atoms with Gasteiger partial charge in [-0.3, -0.25) is 0 Å². The van der Waals surface area contributed by atoms with Crippen LogP contribution in [0, 0.1) is 0 Å². The molecule has 8 nitrogen and oxygen atoms in total. The third kappa shape index (κ3) is 3.90. The molecule has 0 aliphatic heterocycles. The zero-order chi connectivity index (χ0) is 19.5. The van der Waals surface area contributed by atoms with Gasteiger partial charge in [0, 0.05) is 23.9 Å². The zero-order valence-corrected chi connectivity index (χ0v) is 15.6. The Kier molecular flexibility index (Phi) is 4.84. The number of methoxy groups -OCH3 is 2. The number of hydrogen-bond donors (Lipinski definition) is 2. The molecule has 4 rings (SSSR count). The molecule has 0 radical (unpaired) electrons. The van der Waals surface area contributed by atoms with Crippen molar-refractivity contribution in [2.75, 3.05) is 19.5 Å². The van der Waals surface area contributed by atoms with Gasteiger partial charge in [0.15, 0.2) is 11.5 Å². The molecule has 1 aromatic heterocycles. The second kappa shape index (κ2) is 7.59. The predicted octanol–water partition coefficient (Wildman–Crippen LogP) is 3.72. The molecule has 1 aliphatic rings. The van der Waals surface area contributed by atoms with E-state index in [0.29, 0.717) is 45.8 Å². The van der Waals surface area contributed by atoms with Crippen molar-refractivity contribution < 1.29 is 19.0 Å². The Labute approximate surface area is 161 Å². The van der Waals surface area contributed by atoms with E-state index in [4.69, 9.17) is 14.2 Å². The van der Waals surface area contributed by atoms with Crippen LogP contribution in [0.3, 0.4) is 0 Å². The van der Waals surface area contributed by atoms with E-state index < -0.39 is 0 Å². The Morgan fingerprint density at radius 1 is 1.07 bits per heavy atom. The number of fused-ring (bicyclic) bond motifs is 1. The Bertz CT molecular complexity index is 1020. The third-order valence-corrected chi connectivity index (χ3v) is 4.32. The second-order valence-electron chi connectivity index (χ2n) is 6.41. The average molecular weight is 380 g/mol. The lowest BCUT2D eigenvalue weighted by molar-refractivity contribution is 0.251. The zero-order valence-electron chi connectivity index (χ0n) is 15.6. The van der Waals surface area contributed by atoms with Gasteiger partial charge in [0.05, 0.1) is 25.1 Å². The van der Waals surface area contributed by atoms with E-state index in [1.165, 1.54) is 6.33 Å². The second-order valence-corrected chi connectivity index (χ2v) is 6.41. The first-order valence-electron chi connectivity index (χ1n) is 8.88. The van der Waals surface area contributed by atoms with E-state index in [1.54, 1.807) is 50.6 Å². The van der Waals surface area contributed by atoms with E-state index in [1.807, 2.05) is 0 Å². The van der Waals surface area contributed by atoms with Crippen LogP contribution in [-0.4, -0.2) is 36.3 Å². The molecular formula is C20H20N4O4. The molecule has 8 heteroatoms. The van der Waals surface area contributed by atoms with Gasteiger partial charge in [-0.25, -0.2) is 14.8 Å². The minimum Gasteiger partial charge on any atom is -0.493 e. The van der Waals surface area contributed by atoms with E-state index in [2.05, 4.69) is 20.6 Å². The topological polar surface area (TPSA) is 94.6 Å². The maximum atomic E-state index is 11.9. The number of anilines is 1. The van der Waals surface area contributed by atoms with Crippen molar-refractivity contribution in [1.82, 2.24) is 15.3 Å². The largest absolute Gasteiger partial charge is 0.493 e. The number of amides is 2. The van der Waals surface area contributed by atoms with Gasteiger partial charge in [-0.1, -0.05) is 6.07 Å². The van der Waals surface area contributed by atoms with Crippen LogP contribution < -0.4 is 24.8 Å². The molecule has 0 spiro atoms. The molecule has 28 heavy (non-hydrogen) atoms. The van der Waals surface area contributed by atoms with Gasteiger partial charge >= 0.3 is 6.03 Å². The molecule has 0 atom stereocenters. The Morgan fingerprint density at radius 3 is 2.61 bits per heavy atom. The highest BCUT2D eigenvalue weighted by atomic mass is 16.5. The summed E-state index contributed by atoms with van der Waals surface area (Å²) in [5, 5.41) is 6.38. The van der Waals surface area contributed by atoms with Gasteiger partial charge < -0.3 is 24.8 Å². The Morgan fingerprint density at radius 2 is 1.86 bits per heavy atom. The number of rotatable bonds is 6. The lowest BCUT2D eigenvalue weighted by atomic mass is 10.2. The van der Waals surface area contributed by atoms with Crippen LogP contribution in [0.1, 0.15) is 12.8 Å². The van der Waals surface area contributed by atoms with Crippen molar-refractivity contribution in [3.8, 4) is 23.1 Å². The lowest BCUT2D eigenvalue weighted by Crippen LogP contribution is -2.30. The van der Waals surface area contributed by atoms with E-state index in [0.717, 1.165) is 12.8 Å². The van der Waals surface area contributed by atoms with Crippen molar-refractivity contribution in [1.29, 1.82) is 0 Å². The van der Waals surface area contributed by atoms with Crippen molar-refractivity contribution in [3.05, 3.63) is 42.7 Å². The number of benzene rings is 2. The fraction of sp³-hybridized carbons (Fsp3) is 0.250. The molecule has 3 aromatic rings. The molecule has 2 N–H and O–H groups in total. The minimum atomic E-state index is -0.219. The van der Waals surface area contributed by atoms with Gasteiger partial charge in [0.25, 0.3) is 0 Å². The van der Waals surface area contributed by atoms with Crippen LogP contribution in [0.2, 0.25) is 0 Å². The van der Waals surface area contributed by atoms with Crippen LogP contribution in [0.5, 0.6) is 23.1 Å². The summed E-state index contributed by atoms with van der Waals surface area (Å²) in [5.74, 6) is 2.05. The number of carbonyl (C=O) groups excluding carboxylic acids is 1. The first kappa shape index (κ1) is 17.8. The highest BCUT2D eigenvalue weighted by Crippen LogP contribution is 2.36. The first-order valence-corrected chi connectivity index (χ1v) is 8.88. The van der Waals surface area contributed by atoms with Crippen LogP contribution in [-0.2, 0) is 0 Å². The van der Waals surface area contributed by atoms with Crippen molar-refractivity contribution >= 4 is 22.6 Å². The van der Waals surface area contributed by atoms with Crippen molar-refractivity contribution in [2.45, 2.75) is 18.9 Å². The average Bonchev–Trinajstić information content (AvgIpc) is 3.51. The highest BCUT2D eigenvalue weighted by molar-refractivity contribution is 5.90. The molecule has 0 bridgehead atoms. The lowest BCUT2D eigenvalue weighted by Gasteiger charge is -2.12. The Hall–Kier alpha value is -3.55. The van der Waals surface area contributed by atoms with Crippen molar-refractivity contribution in [2.24, 2.45) is 0 Å². The van der Waals surface area contributed by atoms with Crippen molar-refractivity contribution in [3.63, 3.8) is 0 Å². The molecular weight excluding hydrogens is 360 g/mol. The fourth-order valence-electron chi connectivity index (χ4n) is 2.77. The van der Waals surface area contributed by atoms with Gasteiger partial charge in [-0.2, -0.15) is 0 Å². The van der Waals surface area contributed by atoms with E-state index in [-0.39, 0.29) is 6.03 Å². The van der Waals surface area contributed by atoms with Crippen LogP contribution >= 0.6 is 0 Å². The summed E-state index contributed by atoms with van der Waals surface area (Å²) in [5.41, 5.74) is 1.30. The van der Waals surface area contributed by atoms with Crippen LogP contribution in [0.4, 0.5) is 10.5 Å². The van der Waals surface area contributed by atoms with E-state index in [9.17, 15) is 4.79 Å². The number of carbonyl (C=O) groups is 1. The molecule has 0 saturated heterocycles. The number of hydrogen-bond acceptors (Lipinski definition) is 6. The SMILES string of the molecule is COc1cc2ncnc(Oc3cccc(NC(=O)NC4CC4)c3)c2cc1OC. The van der Waals surface area contributed by atoms with Gasteiger partial charge in [0.1, 0.15) is 12.1 Å². The normalized spacial score (nSPS) is 13.1. The molecule has 1 fully saturated rings. The third-order valence-electron chi connectivity index (χ3n) is 4.32. The Balaban J connectivity index is 1.59. The molecule has 2 amide bonds. The first-order chi connectivity index (χ1) is 13.7. The predicted molar refractivity (Wildman–Crippen MR) is 104 cm³/mol. The van der Waals surface area contributed by atoms with Gasteiger partial charge in [-0.15, -0.1) is 0 Å². The van der Waals surface area contributed by atoms with Gasteiger partial charge in [-0.05, 0) is 31.0 Å². The molecule has 144 valence electrons.